The van der Waals surface area contributed by atoms with E-state index in [4.69, 9.17) is 0 Å². The molecule has 0 aromatic heterocycles. The normalized spacial score (nSPS) is 8.89. The second-order valence-electron chi connectivity index (χ2n) is 7.58. The van der Waals surface area contributed by atoms with Crippen molar-refractivity contribution in [3.63, 3.8) is 0 Å². The first kappa shape index (κ1) is 27.6. The van der Waals surface area contributed by atoms with Crippen molar-refractivity contribution in [3.8, 4) is 11.1 Å². The lowest BCUT2D eigenvalue weighted by Crippen LogP contribution is -1.73. The zero-order valence-electron chi connectivity index (χ0n) is 20.8. The van der Waals surface area contributed by atoms with E-state index < -0.39 is 0 Å². The molecule has 0 aliphatic carbocycles. The molecule has 0 bridgehead atoms. The molecule has 0 N–H and O–H groups in total. The zero-order chi connectivity index (χ0) is 25.7. The molecule has 0 amide bonds. The van der Waals surface area contributed by atoms with Crippen molar-refractivity contribution in [2.45, 2.75) is 0 Å². The lowest BCUT2D eigenvalue weighted by atomic mass is 10.1. The maximum Gasteiger partial charge on any atom is -0.0184 e. The Balaban J connectivity index is 0.000000173. The molecule has 0 nitrogen and oxygen atoms in total. The standard InChI is InChI=1S/C12H10.3C8H8/c1-3-7-11(8-4-1)12-9-5-2-6-10-12;3*1-2-8-6-4-3-5-7-8/h1-10H;3*2-7H,1H2. The first-order valence-corrected chi connectivity index (χ1v) is 11.9. The van der Waals surface area contributed by atoms with Crippen molar-refractivity contribution in [1.82, 2.24) is 0 Å². The summed E-state index contributed by atoms with van der Waals surface area (Å²) in [5, 5.41) is 0. The van der Waals surface area contributed by atoms with Crippen molar-refractivity contribution in [2.24, 2.45) is 0 Å². The summed E-state index contributed by atoms with van der Waals surface area (Å²) in [5.41, 5.74) is 6.07. The van der Waals surface area contributed by atoms with E-state index in [0.29, 0.717) is 0 Å². The Labute approximate surface area is 217 Å². The van der Waals surface area contributed by atoms with Crippen LogP contribution >= 0.6 is 0 Å². The predicted octanol–water partition coefficient (Wildman–Crippen LogP) is 10.3. The minimum Gasteiger partial charge on any atom is -0.0985 e. The summed E-state index contributed by atoms with van der Waals surface area (Å²) >= 11 is 0. The van der Waals surface area contributed by atoms with Gasteiger partial charge in [-0.2, -0.15) is 0 Å². The number of rotatable bonds is 4. The molecule has 0 spiro atoms. The second-order valence-corrected chi connectivity index (χ2v) is 7.58. The molecule has 0 fully saturated rings. The third-order valence-corrected chi connectivity index (χ3v) is 4.99. The summed E-state index contributed by atoms with van der Waals surface area (Å²) in [6, 6.07) is 50.9. The Morgan fingerprint density at radius 2 is 0.472 bits per heavy atom. The largest absolute Gasteiger partial charge is 0.0985 e. The number of hydrogen-bond donors (Lipinski definition) is 0. The van der Waals surface area contributed by atoms with Crippen molar-refractivity contribution < 1.29 is 0 Å². The molecular weight excluding hydrogens is 432 g/mol. The summed E-state index contributed by atoms with van der Waals surface area (Å²) in [4.78, 5) is 0. The van der Waals surface area contributed by atoms with E-state index in [1.165, 1.54) is 27.8 Å². The fourth-order valence-corrected chi connectivity index (χ4v) is 3.03. The van der Waals surface area contributed by atoms with E-state index in [0.717, 1.165) is 0 Å². The molecule has 0 saturated carbocycles. The van der Waals surface area contributed by atoms with Crippen molar-refractivity contribution in [1.29, 1.82) is 0 Å². The smallest absolute Gasteiger partial charge is 0.0184 e. The first-order chi connectivity index (χ1) is 17.8. The van der Waals surface area contributed by atoms with Gasteiger partial charge in [0.2, 0.25) is 0 Å². The van der Waals surface area contributed by atoms with E-state index in [1.807, 2.05) is 121 Å². The molecule has 0 heteroatoms. The van der Waals surface area contributed by atoms with Crippen LogP contribution in [0.1, 0.15) is 16.7 Å². The van der Waals surface area contributed by atoms with Gasteiger partial charge in [0.15, 0.2) is 0 Å². The lowest BCUT2D eigenvalue weighted by Gasteiger charge is -1.98. The van der Waals surface area contributed by atoms with Crippen LogP contribution in [0.15, 0.2) is 171 Å². The van der Waals surface area contributed by atoms with Gasteiger partial charge in [-0.3, -0.25) is 0 Å². The fourth-order valence-electron chi connectivity index (χ4n) is 3.03. The third-order valence-electron chi connectivity index (χ3n) is 4.99. The molecule has 5 rings (SSSR count). The van der Waals surface area contributed by atoms with Gasteiger partial charge in [0.1, 0.15) is 0 Å². The maximum absolute atomic E-state index is 3.63. The van der Waals surface area contributed by atoms with Crippen LogP contribution in [0.5, 0.6) is 0 Å². The van der Waals surface area contributed by atoms with Crippen LogP contribution in [0.3, 0.4) is 0 Å². The average Bonchev–Trinajstić information content (AvgIpc) is 3.00. The van der Waals surface area contributed by atoms with E-state index in [9.17, 15) is 0 Å². The molecule has 0 unspecified atom stereocenters. The average molecular weight is 467 g/mol. The molecule has 0 heterocycles. The van der Waals surface area contributed by atoms with Gasteiger partial charge in [0, 0.05) is 0 Å². The molecule has 0 saturated heterocycles. The SMILES string of the molecule is C=Cc1ccccc1.C=Cc1ccccc1.C=Cc1ccccc1.c1ccc(-c2ccccc2)cc1. The molecule has 0 atom stereocenters. The molecule has 0 radical (unpaired) electrons. The molecule has 0 aliphatic rings. The van der Waals surface area contributed by atoms with Crippen LogP contribution in [-0.4, -0.2) is 0 Å². The fraction of sp³-hybridized carbons (Fsp3) is 0. The van der Waals surface area contributed by atoms with Crippen LogP contribution in [-0.2, 0) is 0 Å². The summed E-state index contributed by atoms with van der Waals surface area (Å²) in [7, 11) is 0. The number of benzene rings is 5. The lowest BCUT2D eigenvalue weighted by molar-refractivity contribution is 1.62. The summed E-state index contributed by atoms with van der Waals surface area (Å²) in [5.74, 6) is 0. The van der Waals surface area contributed by atoms with Crippen LogP contribution in [0.25, 0.3) is 29.4 Å². The van der Waals surface area contributed by atoms with Crippen LogP contribution < -0.4 is 0 Å². The first-order valence-electron chi connectivity index (χ1n) is 11.9. The highest BCUT2D eigenvalue weighted by atomic mass is 14.0. The van der Waals surface area contributed by atoms with E-state index >= 15 is 0 Å². The minimum absolute atomic E-state index is 1.17. The highest BCUT2D eigenvalue weighted by Gasteiger charge is 1.91. The van der Waals surface area contributed by atoms with Gasteiger partial charge >= 0.3 is 0 Å². The number of hydrogen-bond acceptors (Lipinski definition) is 0. The molecule has 0 aliphatic heterocycles. The van der Waals surface area contributed by atoms with Gasteiger partial charge < -0.3 is 0 Å². The van der Waals surface area contributed by atoms with Crippen molar-refractivity contribution in [3.05, 3.63) is 188 Å². The molecule has 36 heavy (non-hydrogen) atoms. The van der Waals surface area contributed by atoms with Crippen molar-refractivity contribution in [2.75, 3.05) is 0 Å². The van der Waals surface area contributed by atoms with Gasteiger partial charge in [-0.05, 0) is 27.8 Å². The van der Waals surface area contributed by atoms with Gasteiger partial charge in [-0.1, -0.05) is 190 Å². The van der Waals surface area contributed by atoms with Gasteiger partial charge in [-0.25, -0.2) is 0 Å². The van der Waals surface area contributed by atoms with Crippen LogP contribution in [0, 0.1) is 0 Å². The quantitative estimate of drug-likeness (QED) is 0.247. The van der Waals surface area contributed by atoms with Crippen molar-refractivity contribution >= 4 is 18.2 Å². The Hall–Kier alpha value is -4.68. The zero-order valence-corrected chi connectivity index (χ0v) is 20.8. The Bertz CT molecular complexity index is 1080. The molecule has 5 aromatic rings. The Morgan fingerprint density at radius 3 is 0.639 bits per heavy atom. The van der Waals surface area contributed by atoms with Gasteiger partial charge in [0.05, 0.1) is 0 Å². The van der Waals surface area contributed by atoms with E-state index in [-0.39, 0.29) is 0 Å². The van der Waals surface area contributed by atoms with E-state index in [1.54, 1.807) is 0 Å². The highest BCUT2D eigenvalue weighted by molar-refractivity contribution is 5.62. The Kier molecular flexibility index (Phi) is 13.6. The Morgan fingerprint density at radius 1 is 0.278 bits per heavy atom. The van der Waals surface area contributed by atoms with E-state index in [2.05, 4.69) is 68.3 Å². The monoisotopic (exact) mass is 466 g/mol. The summed E-state index contributed by atoms with van der Waals surface area (Å²) in [6.07, 6.45) is 5.50. The van der Waals surface area contributed by atoms with Gasteiger partial charge in [-0.15, -0.1) is 0 Å². The molecular formula is C36H34. The minimum atomic E-state index is 1.17. The highest BCUT2D eigenvalue weighted by Crippen LogP contribution is 2.17. The molecule has 178 valence electrons. The summed E-state index contributed by atoms with van der Waals surface area (Å²) < 4.78 is 0. The second kappa shape index (κ2) is 17.8. The maximum atomic E-state index is 3.63. The van der Waals surface area contributed by atoms with Gasteiger partial charge in [0.25, 0.3) is 0 Å². The topological polar surface area (TPSA) is 0 Å². The predicted molar refractivity (Wildman–Crippen MR) is 161 cm³/mol. The third kappa shape index (κ3) is 11.4. The van der Waals surface area contributed by atoms with Crippen LogP contribution in [0.2, 0.25) is 0 Å². The molecule has 5 aromatic carbocycles. The summed E-state index contributed by atoms with van der Waals surface area (Å²) in [6.45, 7) is 10.9. The van der Waals surface area contributed by atoms with Crippen LogP contribution in [0.4, 0.5) is 0 Å².